The number of hydrogen-bond acceptors (Lipinski definition) is 6. The van der Waals surface area contributed by atoms with Crippen LogP contribution < -0.4 is 20.3 Å². The number of nitrogens with zero attached hydrogens (tertiary/aromatic N) is 3. The summed E-state index contributed by atoms with van der Waals surface area (Å²) in [6, 6.07) is 15.1. The number of anilines is 1. The molecule has 9 nitrogen and oxygen atoms in total. The molecule has 1 heterocycles. The Morgan fingerprint density at radius 2 is 1.79 bits per heavy atom. The van der Waals surface area contributed by atoms with Crippen molar-refractivity contribution in [3.05, 3.63) is 54.1 Å². The largest absolute Gasteiger partial charge is 0.493 e. The topological polar surface area (TPSA) is 103 Å². The second-order valence-corrected chi connectivity index (χ2v) is 10.5. The molecule has 0 atom stereocenters. The van der Waals surface area contributed by atoms with E-state index >= 15 is 0 Å². The summed E-state index contributed by atoms with van der Waals surface area (Å²) >= 11 is 0. The molecule has 0 fully saturated rings. The van der Waals surface area contributed by atoms with Gasteiger partial charge < -0.3 is 19.9 Å². The highest BCUT2D eigenvalue weighted by atomic mass is 16.5. The quantitative estimate of drug-likeness (QED) is 0.460. The molecular formula is C29H39N5O4. The molecule has 0 aliphatic carbocycles. The molecule has 0 saturated heterocycles. The standard InChI is InChI=1S/C29H39N5O4/c1-6-25(35)32-28-31-23-14-10-15-24(22(23)18-34(28)19-26(36)30-20-29(2,3)4)38-17-11-16-27(37)33(5)21-12-8-7-9-13-21/h7-10,12-15H,6,11,16-20H2,1-5H3,(H,30,36)(H,31,32,35). The van der Waals surface area contributed by atoms with Crippen LogP contribution in [0.2, 0.25) is 0 Å². The molecule has 204 valence electrons. The number of benzene rings is 2. The van der Waals surface area contributed by atoms with Gasteiger partial charge in [0.15, 0.2) is 0 Å². The number of aliphatic imine (C=N–C) groups is 1. The summed E-state index contributed by atoms with van der Waals surface area (Å²) in [5, 5.41) is 5.77. The van der Waals surface area contributed by atoms with Gasteiger partial charge in [-0.05, 0) is 36.1 Å². The first-order valence-electron chi connectivity index (χ1n) is 13.0. The van der Waals surface area contributed by atoms with Crippen LogP contribution in [-0.4, -0.2) is 55.3 Å². The normalized spacial score (nSPS) is 12.8. The summed E-state index contributed by atoms with van der Waals surface area (Å²) in [5.41, 5.74) is 2.32. The average Bonchev–Trinajstić information content (AvgIpc) is 2.89. The van der Waals surface area contributed by atoms with Gasteiger partial charge in [-0.3, -0.25) is 19.7 Å². The van der Waals surface area contributed by atoms with Crippen LogP contribution in [0.5, 0.6) is 5.75 Å². The predicted molar refractivity (Wildman–Crippen MR) is 149 cm³/mol. The Hall–Kier alpha value is -3.88. The number of ether oxygens (including phenoxy) is 1. The Morgan fingerprint density at radius 1 is 1.05 bits per heavy atom. The zero-order valence-corrected chi connectivity index (χ0v) is 23.0. The van der Waals surface area contributed by atoms with Crippen molar-refractivity contribution in [1.29, 1.82) is 0 Å². The lowest BCUT2D eigenvalue weighted by Gasteiger charge is -2.31. The summed E-state index contributed by atoms with van der Waals surface area (Å²) in [5.74, 6) is 0.687. The number of carbonyl (C=O) groups is 3. The molecule has 0 aromatic heterocycles. The van der Waals surface area contributed by atoms with E-state index in [4.69, 9.17) is 4.74 Å². The fourth-order valence-electron chi connectivity index (χ4n) is 3.82. The van der Waals surface area contributed by atoms with Gasteiger partial charge in [0.05, 0.1) is 18.8 Å². The van der Waals surface area contributed by atoms with Crippen molar-refractivity contribution in [3.8, 4) is 5.75 Å². The van der Waals surface area contributed by atoms with Gasteiger partial charge in [-0.1, -0.05) is 52.0 Å². The molecule has 0 saturated carbocycles. The molecule has 2 N–H and O–H groups in total. The number of nitrogens with one attached hydrogen (secondary N) is 2. The maximum absolute atomic E-state index is 12.7. The molecule has 0 unspecified atom stereocenters. The van der Waals surface area contributed by atoms with E-state index in [1.54, 1.807) is 23.8 Å². The van der Waals surface area contributed by atoms with Crippen LogP contribution in [-0.2, 0) is 20.9 Å². The maximum Gasteiger partial charge on any atom is 0.239 e. The molecule has 3 rings (SSSR count). The first kappa shape index (κ1) is 28.7. The fraction of sp³-hybridized carbons (Fsp3) is 0.448. The molecule has 9 heteroatoms. The molecule has 0 bridgehead atoms. The highest BCUT2D eigenvalue weighted by Crippen LogP contribution is 2.33. The molecule has 1 aliphatic rings. The lowest BCUT2D eigenvalue weighted by Crippen LogP contribution is -2.49. The lowest BCUT2D eigenvalue weighted by molar-refractivity contribution is -0.122. The maximum atomic E-state index is 12.7. The summed E-state index contributed by atoms with van der Waals surface area (Å²) in [6.07, 6.45) is 1.21. The molecule has 0 radical (unpaired) electrons. The van der Waals surface area contributed by atoms with Crippen LogP contribution >= 0.6 is 0 Å². The van der Waals surface area contributed by atoms with Crippen molar-refractivity contribution in [1.82, 2.24) is 15.5 Å². The number of carbonyl (C=O) groups excluding carboxylic acids is 3. The van der Waals surface area contributed by atoms with Crippen LogP contribution in [0.3, 0.4) is 0 Å². The Bertz CT molecular complexity index is 1160. The van der Waals surface area contributed by atoms with Crippen LogP contribution in [0.4, 0.5) is 11.4 Å². The Balaban J connectivity index is 1.66. The van der Waals surface area contributed by atoms with Crippen molar-refractivity contribution in [3.63, 3.8) is 0 Å². The lowest BCUT2D eigenvalue weighted by atomic mass is 9.97. The molecule has 38 heavy (non-hydrogen) atoms. The second-order valence-electron chi connectivity index (χ2n) is 10.5. The van der Waals surface area contributed by atoms with E-state index in [9.17, 15) is 14.4 Å². The monoisotopic (exact) mass is 521 g/mol. The molecule has 2 aromatic carbocycles. The minimum absolute atomic E-state index is 0.0169. The van der Waals surface area contributed by atoms with Gasteiger partial charge in [-0.25, -0.2) is 4.99 Å². The van der Waals surface area contributed by atoms with Crippen molar-refractivity contribution in [2.45, 2.75) is 53.5 Å². The third kappa shape index (κ3) is 8.33. The van der Waals surface area contributed by atoms with Crippen molar-refractivity contribution in [2.75, 3.05) is 31.6 Å². The number of para-hydroxylation sites is 1. The minimum Gasteiger partial charge on any atom is -0.493 e. The van der Waals surface area contributed by atoms with E-state index in [-0.39, 0.29) is 29.7 Å². The summed E-state index contributed by atoms with van der Waals surface area (Å²) < 4.78 is 6.07. The number of hydrogen-bond donors (Lipinski definition) is 2. The van der Waals surface area contributed by atoms with Crippen LogP contribution in [0, 0.1) is 5.41 Å². The van der Waals surface area contributed by atoms with E-state index in [1.165, 1.54) is 0 Å². The summed E-state index contributed by atoms with van der Waals surface area (Å²) in [6.45, 7) is 9.22. The average molecular weight is 522 g/mol. The number of fused-ring (bicyclic) bond motifs is 1. The number of rotatable bonds is 10. The van der Waals surface area contributed by atoms with Gasteiger partial charge in [-0.2, -0.15) is 0 Å². The predicted octanol–water partition coefficient (Wildman–Crippen LogP) is 4.00. The highest BCUT2D eigenvalue weighted by Gasteiger charge is 2.26. The second kappa shape index (κ2) is 13.1. The Labute approximate surface area is 225 Å². The number of guanidine groups is 1. The van der Waals surface area contributed by atoms with E-state index in [0.29, 0.717) is 56.4 Å². The van der Waals surface area contributed by atoms with Gasteiger partial charge in [0.25, 0.3) is 0 Å². The summed E-state index contributed by atoms with van der Waals surface area (Å²) in [4.78, 5) is 45.4. The van der Waals surface area contributed by atoms with E-state index in [2.05, 4.69) is 36.4 Å². The van der Waals surface area contributed by atoms with Crippen molar-refractivity contribution >= 4 is 35.1 Å². The van der Waals surface area contributed by atoms with E-state index in [0.717, 1.165) is 11.3 Å². The van der Waals surface area contributed by atoms with Gasteiger partial charge in [0.2, 0.25) is 23.7 Å². The van der Waals surface area contributed by atoms with E-state index < -0.39 is 0 Å². The summed E-state index contributed by atoms with van der Waals surface area (Å²) in [7, 11) is 1.77. The molecular weight excluding hydrogens is 482 g/mol. The third-order valence-corrected chi connectivity index (χ3v) is 6.02. The highest BCUT2D eigenvalue weighted by molar-refractivity contribution is 6.00. The molecule has 3 amide bonds. The van der Waals surface area contributed by atoms with Gasteiger partial charge in [0.1, 0.15) is 12.3 Å². The first-order chi connectivity index (χ1) is 18.1. The smallest absolute Gasteiger partial charge is 0.239 e. The Kier molecular flexibility index (Phi) is 9.87. The fourth-order valence-corrected chi connectivity index (χ4v) is 3.82. The van der Waals surface area contributed by atoms with Gasteiger partial charge in [-0.15, -0.1) is 0 Å². The van der Waals surface area contributed by atoms with Gasteiger partial charge in [0, 0.05) is 37.7 Å². The first-order valence-corrected chi connectivity index (χ1v) is 13.0. The van der Waals surface area contributed by atoms with Crippen LogP contribution in [0.15, 0.2) is 53.5 Å². The van der Waals surface area contributed by atoms with Crippen LogP contribution in [0.1, 0.15) is 52.5 Å². The SMILES string of the molecule is CCC(=O)NC1=Nc2cccc(OCCCC(=O)N(C)c3ccccc3)c2CN1CC(=O)NCC(C)(C)C. The number of amides is 3. The minimum atomic E-state index is -0.176. The zero-order valence-electron chi connectivity index (χ0n) is 23.0. The van der Waals surface area contributed by atoms with Crippen molar-refractivity contribution < 1.29 is 19.1 Å². The molecule has 0 spiro atoms. The van der Waals surface area contributed by atoms with Gasteiger partial charge >= 0.3 is 0 Å². The molecule has 1 aliphatic heterocycles. The zero-order chi connectivity index (χ0) is 27.7. The Morgan fingerprint density at radius 3 is 2.47 bits per heavy atom. The van der Waals surface area contributed by atoms with Crippen LogP contribution in [0.25, 0.3) is 0 Å². The van der Waals surface area contributed by atoms with E-state index in [1.807, 2.05) is 48.5 Å². The molecule has 2 aromatic rings. The third-order valence-electron chi connectivity index (χ3n) is 6.02. The van der Waals surface area contributed by atoms with Crippen molar-refractivity contribution in [2.24, 2.45) is 10.4 Å².